The molecule has 0 N–H and O–H groups in total. The molecule has 1 atom stereocenters. The quantitative estimate of drug-likeness (QED) is 0.192. The van der Waals surface area contributed by atoms with Crippen molar-refractivity contribution < 1.29 is 20.3 Å². The van der Waals surface area contributed by atoms with E-state index < -0.39 is 28.3 Å². The van der Waals surface area contributed by atoms with Crippen LogP contribution in [-0.4, -0.2) is 8.07 Å². The Morgan fingerprint density at radius 3 is 1.37 bits per heavy atom. The Balaban J connectivity index is 1.80. The molecule has 4 aromatic carbocycles. The predicted molar refractivity (Wildman–Crippen MR) is 151 cm³/mol. The second-order valence-corrected chi connectivity index (χ2v) is 28.6. The molecule has 0 saturated heterocycles. The van der Waals surface area contributed by atoms with Crippen molar-refractivity contribution in [2.24, 2.45) is 0 Å². The molecule has 1 aliphatic rings. The summed E-state index contributed by atoms with van der Waals surface area (Å²) >= 11 is -3.24. The van der Waals surface area contributed by atoms with Gasteiger partial charge in [0.2, 0.25) is 0 Å². The molecule has 176 valence electrons. The Bertz CT molecular complexity index is 1190. The van der Waals surface area contributed by atoms with Gasteiger partial charge in [0.05, 0.1) is 0 Å². The van der Waals surface area contributed by atoms with Crippen LogP contribution in [0, 0.1) is 0 Å². The molecular weight excluding hydrogens is 516 g/mol. The number of rotatable bonds is 8. The molecule has 2 heteroatoms. The summed E-state index contributed by atoms with van der Waals surface area (Å²) in [5.74, 6) is 0. The molecular formula is C33H36SiZr. The van der Waals surface area contributed by atoms with Crippen molar-refractivity contribution in [1.82, 2.24) is 0 Å². The summed E-state index contributed by atoms with van der Waals surface area (Å²) < 4.78 is 3.96. The maximum absolute atomic E-state index is 3.24. The third kappa shape index (κ3) is 4.64. The molecule has 0 nitrogen and oxygen atoms in total. The van der Waals surface area contributed by atoms with Gasteiger partial charge in [0.1, 0.15) is 0 Å². The average molecular weight is 552 g/mol. The Morgan fingerprint density at radius 1 is 0.543 bits per heavy atom. The van der Waals surface area contributed by atoms with Gasteiger partial charge in [-0.05, 0) is 0 Å². The van der Waals surface area contributed by atoms with Gasteiger partial charge >= 0.3 is 218 Å². The van der Waals surface area contributed by atoms with Crippen molar-refractivity contribution in [1.29, 1.82) is 0 Å². The number of hydrogen-bond donors (Lipinski definition) is 0. The molecule has 0 spiro atoms. The maximum atomic E-state index is 2.72. The Hall–Kier alpha value is -2.28. The van der Waals surface area contributed by atoms with Gasteiger partial charge in [0.25, 0.3) is 0 Å². The first-order valence-electron chi connectivity index (χ1n) is 12.8. The average Bonchev–Trinajstić information content (AvgIpc) is 3.28. The Labute approximate surface area is 217 Å². The van der Waals surface area contributed by atoms with Crippen LogP contribution in [-0.2, 0) is 35.4 Å². The van der Waals surface area contributed by atoms with Crippen LogP contribution in [0.5, 0.6) is 0 Å². The normalized spacial score (nSPS) is 17.3. The number of fused-ring (bicyclic) bond motifs is 1. The summed E-state index contributed by atoms with van der Waals surface area (Å²) in [5, 5.41) is 0. The van der Waals surface area contributed by atoms with E-state index in [2.05, 4.69) is 147 Å². The molecule has 35 heavy (non-hydrogen) atoms. The fourth-order valence-electron chi connectivity index (χ4n) is 6.78. The fraction of sp³-hybridized carbons (Fsp3) is 0.212. The van der Waals surface area contributed by atoms with Crippen molar-refractivity contribution in [3.63, 3.8) is 0 Å². The van der Waals surface area contributed by atoms with E-state index in [9.17, 15) is 0 Å². The molecule has 1 unspecified atom stereocenters. The summed E-state index contributed by atoms with van der Waals surface area (Å²) in [4.78, 5) is 0. The van der Waals surface area contributed by atoms with Crippen LogP contribution in [0.1, 0.15) is 27.8 Å². The minimum atomic E-state index is -3.24. The van der Waals surface area contributed by atoms with E-state index in [4.69, 9.17) is 0 Å². The molecule has 0 aliphatic heterocycles. The summed E-state index contributed by atoms with van der Waals surface area (Å²) in [6.45, 7) is 7.89. The summed E-state index contributed by atoms with van der Waals surface area (Å²) in [6, 6.07) is 43.5. The SMILES string of the molecule is C[Si](C)(C)[C]1([Zr]([CH2]c2ccccc2)([CH2]c2ccccc2)[CH2]c2ccccc2)C=Cc2ccccc21. The first kappa shape index (κ1) is 24.4. The van der Waals surface area contributed by atoms with Gasteiger partial charge in [-0.2, -0.15) is 0 Å². The fourth-order valence-corrected chi connectivity index (χ4v) is 36.8. The van der Waals surface area contributed by atoms with Gasteiger partial charge < -0.3 is 0 Å². The second-order valence-electron chi connectivity index (χ2n) is 11.2. The first-order valence-corrected chi connectivity index (χ1v) is 22.8. The monoisotopic (exact) mass is 550 g/mol. The molecule has 0 fully saturated rings. The first-order chi connectivity index (χ1) is 16.9. The molecule has 0 aromatic heterocycles. The number of allylic oxidation sites excluding steroid dienone is 1. The number of benzene rings is 4. The van der Waals surface area contributed by atoms with Crippen molar-refractivity contribution >= 4 is 14.1 Å². The van der Waals surface area contributed by atoms with Crippen LogP contribution < -0.4 is 0 Å². The Morgan fingerprint density at radius 2 is 0.943 bits per heavy atom. The van der Waals surface area contributed by atoms with Crippen molar-refractivity contribution in [3.05, 3.63) is 149 Å². The molecule has 0 amide bonds. The zero-order chi connectivity index (χ0) is 24.4. The van der Waals surface area contributed by atoms with Crippen molar-refractivity contribution in [3.8, 4) is 0 Å². The molecule has 0 heterocycles. The summed E-state index contributed by atoms with van der Waals surface area (Å²) in [6.07, 6.45) is 5.19. The predicted octanol–water partition coefficient (Wildman–Crippen LogP) is 8.54. The Kier molecular flexibility index (Phi) is 6.97. The van der Waals surface area contributed by atoms with Crippen LogP contribution >= 0.6 is 0 Å². The topological polar surface area (TPSA) is 0 Å². The van der Waals surface area contributed by atoms with Gasteiger partial charge in [-0.15, -0.1) is 0 Å². The standard InChI is InChI=1S/C12H15Si.3C7H7.Zr/c1-13(2,3)12-9-8-10-6-4-5-7-11(10)12;3*1-7-5-3-2-4-6-7;/h4-9H,1-3H3;3*2-6H,1H2;. The zero-order valence-electron chi connectivity index (χ0n) is 21.2. The van der Waals surface area contributed by atoms with E-state index in [1.54, 1.807) is 5.56 Å². The van der Waals surface area contributed by atoms with Gasteiger partial charge in [0, 0.05) is 0 Å². The summed E-state index contributed by atoms with van der Waals surface area (Å²) in [5.41, 5.74) is 7.63. The third-order valence-corrected chi connectivity index (χ3v) is 32.7. The molecule has 5 rings (SSSR count). The molecule has 1 aliphatic carbocycles. The van der Waals surface area contributed by atoms with Crippen molar-refractivity contribution in [2.75, 3.05) is 0 Å². The van der Waals surface area contributed by atoms with Crippen molar-refractivity contribution in [2.45, 2.75) is 34.8 Å². The van der Waals surface area contributed by atoms with E-state index in [-0.39, 0.29) is 2.75 Å². The van der Waals surface area contributed by atoms with E-state index in [1.165, 1.54) is 34.6 Å². The number of hydrogen-bond acceptors (Lipinski definition) is 0. The van der Waals surface area contributed by atoms with Crippen LogP contribution in [0.15, 0.2) is 121 Å². The van der Waals surface area contributed by atoms with Crippen LogP contribution in [0.2, 0.25) is 19.6 Å². The molecule has 0 saturated carbocycles. The van der Waals surface area contributed by atoms with Gasteiger partial charge in [-0.1, -0.05) is 0 Å². The molecule has 0 radical (unpaired) electrons. The third-order valence-electron chi connectivity index (χ3n) is 8.07. The van der Waals surface area contributed by atoms with E-state index in [1.807, 2.05) is 0 Å². The van der Waals surface area contributed by atoms with E-state index in [0.29, 0.717) is 0 Å². The minimum absolute atomic E-state index is 0.208. The van der Waals surface area contributed by atoms with E-state index in [0.717, 1.165) is 0 Å². The van der Waals surface area contributed by atoms with E-state index >= 15 is 0 Å². The molecule has 4 aromatic rings. The van der Waals surface area contributed by atoms with Gasteiger partial charge in [0.15, 0.2) is 0 Å². The summed E-state index contributed by atoms with van der Waals surface area (Å²) in [7, 11) is -1.72. The second kappa shape index (κ2) is 10.00. The van der Waals surface area contributed by atoms with Crippen LogP contribution in [0.25, 0.3) is 6.08 Å². The zero-order valence-corrected chi connectivity index (χ0v) is 24.7. The van der Waals surface area contributed by atoms with Gasteiger partial charge in [-0.3, -0.25) is 0 Å². The molecule has 0 bridgehead atoms. The van der Waals surface area contributed by atoms with Crippen LogP contribution in [0.4, 0.5) is 0 Å². The van der Waals surface area contributed by atoms with Gasteiger partial charge in [-0.25, -0.2) is 0 Å². The van der Waals surface area contributed by atoms with Crippen LogP contribution in [0.3, 0.4) is 0 Å².